The van der Waals surface area contributed by atoms with Gasteiger partial charge in [0.25, 0.3) is 0 Å². The molecule has 2 aromatic carbocycles. The summed E-state index contributed by atoms with van der Waals surface area (Å²) in [5.41, 5.74) is 4.71. The molecule has 7 heteroatoms. The van der Waals surface area contributed by atoms with Gasteiger partial charge in [-0.2, -0.15) is 0 Å². The fourth-order valence-electron chi connectivity index (χ4n) is 6.09. The molecule has 7 nitrogen and oxygen atoms in total. The van der Waals surface area contributed by atoms with Crippen molar-refractivity contribution in [2.75, 3.05) is 6.61 Å². The third-order valence-corrected chi connectivity index (χ3v) is 7.87. The first-order valence-electron chi connectivity index (χ1n) is 12.7. The van der Waals surface area contributed by atoms with Crippen LogP contribution in [0.15, 0.2) is 48.5 Å². The Morgan fingerprint density at radius 2 is 1.51 bits per heavy atom. The molecule has 4 atom stereocenters. The Morgan fingerprint density at radius 3 is 2.20 bits per heavy atom. The standard InChI is InChI=1S/C28H32N2O5/c31-26(30-25-14-6-13-23(25)27(32)33)17-7-5-8-18(15-17)29-28(34)35-16-24-21-11-3-1-9-19(21)20-10-2-4-12-22(20)24/h1-4,9-12,17-18,23-25H,5-8,13-16H2,(H,29,34)(H,30,31)(H,32,33)/t17?,18?,23-,25+/m0/s1. The number of nitrogens with one attached hydrogen (secondary N) is 2. The lowest BCUT2D eigenvalue weighted by Gasteiger charge is -2.30. The van der Waals surface area contributed by atoms with Gasteiger partial charge < -0.3 is 20.5 Å². The summed E-state index contributed by atoms with van der Waals surface area (Å²) < 4.78 is 5.67. The Kier molecular flexibility index (Phi) is 6.75. The van der Waals surface area contributed by atoms with Crippen LogP contribution in [0.3, 0.4) is 0 Å². The zero-order valence-electron chi connectivity index (χ0n) is 19.7. The Morgan fingerprint density at radius 1 is 0.857 bits per heavy atom. The second kappa shape index (κ2) is 10.1. The molecule has 0 saturated heterocycles. The second-order valence-electron chi connectivity index (χ2n) is 10.0. The van der Waals surface area contributed by atoms with Crippen molar-refractivity contribution in [3.05, 3.63) is 59.7 Å². The van der Waals surface area contributed by atoms with Crippen LogP contribution in [0.25, 0.3) is 11.1 Å². The van der Waals surface area contributed by atoms with E-state index < -0.39 is 18.0 Å². The maximum absolute atomic E-state index is 12.8. The van der Waals surface area contributed by atoms with E-state index in [0.717, 1.165) is 25.7 Å². The minimum absolute atomic E-state index is 0.00613. The highest BCUT2D eigenvalue weighted by atomic mass is 16.5. The first-order chi connectivity index (χ1) is 17.0. The third-order valence-electron chi connectivity index (χ3n) is 7.87. The monoisotopic (exact) mass is 476 g/mol. The van der Waals surface area contributed by atoms with Gasteiger partial charge in [-0.25, -0.2) is 4.79 Å². The lowest BCUT2D eigenvalue weighted by molar-refractivity contribution is -0.142. The lowest BCUT2D eigenvalue weighted by Crippen LogP contribution is -2.46. The molecular weight excluding hydrogens is 444 g/mol. The van der Waals surface area contributed by atoms with Gasteiger partial charge in [-0.1, -0.05) is 61.4 Å². The van der Waals surface area contributed by atoms with Gasteiger partial charge in [0.05, 0.1) is 5.92 Å². The molecule has 3 N–H and O–H groups in total. The number of hydrogen-bond acceptors (Lipinski definition) is 4. The van der Waals surface area contributed by atoms with Crippen LogP contribution >= 0.6 is 0 Å². The van der Waals surface area contributed by atoms with Crippen molar-refractivity contribution >= 4 is 18.0 Å². The number of carbonyl (C=O) groups excluding carboxylic acids is 2. The number of fused-ring (bicyclic) bond motifs is 3. The summed E-state index contributed by atoms with van der Waals surface area (Å²) in [4.78, 5) is 36.9. The first-order valence-corrected chi connectivity index (χ1v) is 12.7. The predicted molar refractivity (Wildman–Crippen MR) is 131 cm³/mol. The highest BCUT2D eigenvalue weighted by Gasteiger charge is 2.36. The van der Waals surface area contributed by atoms with Crippen molar-refractivity contribution in [1.29, 1.82) is 0 Å². The van der Waals surface area contributed by atoms with Crippen LogP contribution in [-0.4, -0.2) is 41.8 Å². The molecule has 35 heavy (non-hydrogen) atoms. The number of carboxylic acid groups (broad SMARTS) is 1. The van der Waals surface area contributed by atoms with Gasteiger partial charge in [-0.3, -0.25) is 9.59 Å². The molecule has 2 unspecified atom stereocenters. The molecule has 2 fully saturated rings. The first kappa shape index (κ1) is 23.4. The molecule has 0 bridgehead atoms. The largest absolute Gasteiger partial charge is 0.481 e. The summed E-state index contributed by atoms with van der Waals surface area (Å²) in [6.45, 7) is 0.259. The van der Waals surface area contributed by atoms with Gasteiger partial charge in [-0.15, -0.1) is 0 Å². The van der Waals surface area contributed by atoms with Gasteiger partial charge >= 0.3 is 12.1 Å². The number of carboxylic acids is 1. The van der Waals surface area contributed by atoms with Crippen molar-refractivity contribution in [3.8, 4) is 11.1 Å². The smallest absolute Gasteiger partial charge is 0.407 e. The van der Waals surface area contributed by atoms with E-state index in [2.05, 4.69) is 34.9 Å². The normalized spacial score (nSPS) is 25.4. The number of aliphatic carboxylic acids is 1. The molecule has 3 aliphatic rings. The van der Waals surface area contributed by atoms with Crippen molar-refractivity contribution < 1.29 is 24.2 Å². The summed E-state index contributed by atoms with van der Waals surface area (Å²) in [5, 5.41) is 15.3. The average molecular weight is 477 g/mol. The molecule has 0 heterocycles. The molecule has 2 saturated carbocycles. The lowest BCUT2D eigenvalue weighted by atomic mass is 9.85. The van der Waals surface area contributed by atoms with Crippen LogP contribution in [0.2, 0.25) is 0 Å². The van der Waals surface area contributed by atoms with Gasteiger partial charge in [0.1, 0.15) is 6.61 Å². The Labute approximate surface area is 205 Å². The Hall–Kier alpha value is -3.35. The highest BCUT2D eigenvalue weighted by Crippen LogP contribution is 2.44. The molecule has 184 valence electrons. The molecule has 2 aromatic rings. The summed E-state index contributed by atoms with van der Waals surface area (Å²) in [7, 11) is 0. The molecule has 5 rings (SSSR count). The van der Waals surface area contributed by atoms with Crippen LogP contribution in [-0.2, 0) is 14.3 Å². The summed E-state index contributed by atoms with van der Waals surface area (Å²) >= 11 is 0. The molecule has 0 aliphatic heterocycles. The van der Waals surface area contributed by atoms with Crippen LogP contribution in [0.4, 0.5) is 4.79 Å². The van der Waals surface area contributed by atoms with E-state index in [-0.39, 0.29) is 36.4 Å². The Balaban J connectivity index is 1.14. The zero-order chi connectivity index (χ0) is 24.4. The SMILES string of the molecule is O=C(NC1CCCC(C(=O)N[C@@H]2CCC[C@@H]2C(=O)O)C1)OCC1c2ccccc2-c2ccccc21. The second-order valence-corrected chi connectivity index (χ2v) is 10.0. The van der Waals surface area contributed by atoms with E-state index in [4.69, 9.17) is 4.74 Å². The van der Waals surface area contributed by atoms with Crippen LogP contribution in [0, 0.1) is 11.8 Å². The predicted octanol–water partition coefficient (Wildman–Crippen LogP) is 4.45. The molecule has 0 radical (unpaired) electrons. The highest BCUT2D eigenvalue weighted by molar-refractivity contribution is 5.81. The minimum atomic E-state index is -0.841. The zero-order valence-corrected chi connectivity index (χ0v) is 19.7. The van der Waals surface area contributed by atoms with Crippen LogP contribution < -0.4 is 10.6 Å². The number of amides is 2. The number of carbonyl (C=O) groups is 3. The van der Waals surface area contributed by atoms with Crippen molar-refractivity contribution in [1.82, 2.24) is 10.6 Å². The quantitative estimate of drug-likeness (QED) is 0.571. The van der Waals surface area contributed by atoms with Gasteiger partial charge in [0, 0.05) is 23.9 Å². The van der Waals surface area contributed by atoms with E-state index in [1.165, 1.54) is 22.3 Å². The average Bonchev–Trinajstić information content (AvgIpc) is 3.45. The number of ether oxygens (including phenoxy) is 1. The fourth-order valence-corrected chi connectivity index (χ4v) is 6.09. The number of hydrogen-bond donors (Lipinski definition) is 3. The van der Waals surface area contributed by atoms with E-state index in [1.807, 2.05) is 24.3 Å². The summed E-state index contributed by atoms with van der Waals surface area (Å²) in [5.74, 6) is -1.66. The number of rotatable bonds is 6. The van der Waals surface area contributed by atoms with Crippen molar-refractivity contribution in [2.24, 2.45) is 11.8 Å². The minimum Gasteiger partial charge on any atom is -0.481 e. The van der Waals surface area contributed by atoms with E-state index in [9.17, 15) is 19.5 Å². The van der Waals surface area contributed by atoms with E-state index >= 15 is 0 Å². The third kappa shape index (κ3) is 4.90. The maximum atomic E-state index is 12.8. The summed E-state index contributed by atoms with van der Waals surface area (Å²) in [6.07, 6.45) is 4.60. The van der Waals surface area contributed by atoms with Gasteiger partial charge in [0.2, 0.25) is 5.91 Å². The molecule has 2 amide bonds. The number of benzene rings is 2. The number of alkyl carbamates (subject to hydrolysis) is 1. The maximum Gasteiger partial charge on any atom is 0.407 e. The fraction of sp³-hybridized carbons (Fsp3) is 0.464. The Bertz CT molecular complexity index is 1070. The molecule has 3 aliphatic carbocycles. The topological polar surface area (TPSA) is 105 Å². The van der Waals surface area contributed by atoms with Crippen molar-refractivity contribution in [2.45, 2.75) is 62.9 Å². The summed E-state index contributed by atoms with van der Waals surface area (Å²) in [6, 6.07) is 16.0. The van der Waals surface area contributed by atoms with E-state index in [0.29, 0.717) is 19.3 Å². The van der Waals surface area contributed by atoms with Crippen molar-refractivity contribution in [3.63, 3.8) is 0 Å². The molecule has 0 aromatic heterocycles. The van der Waals surface area contributed by atoms with Gasteiger partial charge in [-0.05, 0) is 54.4 Å². The molecule has 0 spiro atoms. The van der Waals surface area contributed by atoms with Gasteiger partial charge in [0.15, 0.2) is 0 Å². The van der Waals surface area contributed by atoms with Crippen LogP contribution in [0.1, 0.15) is 62.0 Å². The molecular formula is C28H32N2O5. The van der Waals surface area contributed by atoms with Crippen LogP contribution in [0.5, 0.6) is 0 Å². The van der Waals surface area contributed by atoms with E-state index in [1.54, 1.807) is 0 Å².